The molecule has 0 saturated carbocycles. The van der Waals surface area contributed by atoms with Gasteiger partial charge in [-0.25, -0.2) is 4.39 Å². The highest BCUT2D eigenvalue weighted by Gasteiger charge is 2.36. The van der Waals surface area contributed by atoms with Crippen LogP contribution >= 0.6 is 0 Å². The molecule has 48 heavy (non-hydrogen) atoms. The first-order chi connectivity index (χ1) is 22.5. The Hall–Kier alpha value is -4.51. The number of aromatic nitrogens is 1. The summed E-state index contributed by atoms with van der Waals surface area (Å²) in [7, 11) is 3.44. The molecule has 0 spiro atoms. The van der Waals surface area contributed by atoms with Crippen molar-refractivity contribution in [1.82, 2.24) is 14.8 Å². The fourth-order valence-corrected chi connectivity index (χ4v) is 6.26. The number of hydrogen-bond donors (Lipinski definition) is 2. The molecule has 0 radical (unpaired) electrons. The van der Waals surface area contributed by atoms with Gasteiger partial charge in [0.1, 0.15) is 11.9 Å². The van der Waals surface area contributed by atoms with Gasteiger partial charge in [-0.05, 0) is 115 Å². The monoisotopic (exact) mass is 667 g/mol. The molecule has 4 rings (SSSR count). The molecule has 1 aromatic heterocycles. The third-order valence-corrected chi connectivity index (χ3v) is 8.38. The molecule has 0 bridgehead atoms. The van der Waals surface area contributed by atoms with Crippen molar-refractivity contribution in [3.63, 3.8) is 0 Å². The molecule has 1 heterocycles. The fourth-order valence-electron chi connectivity index (χ4n) is 6.26. The summed E-state index contributed by atoms with van der Waals surface area (Å²) in [5.41, 5.74) is 1.16. The van der Waals surface area contributed by atoms with Crippen LogP contribution in [0.4, 0.5) is 17.6 Å². The SMILES string of the molecule is Cc1cc(F)cc(C)c1-c1cc(C(CC(=O)O)NC(=O)[C@@H](CC(C)C)n2cc(CCN(C)C)c(C(F)(F)F)cc2=O)c2ccccc2c1. The summed E-state index contributed by atoms with van der Waals surface area (Å²) in [6.07, 6.45) is -4.07. The number of carbonyl (C=O) groups excluding carboxylic acids is 1. The van der Waals surface area contributed by atoms with Crippen LogP contribution in [0, 0.1) is 25.6 Å². The van der Waals surface area contributed by atoms with Crippen LogP contribution in [0.5, 0.6) is 0 Å². The molecule has 4 aromatic rings. The molecular weight excluding hydrogens is 626 g/mol. The second kappa shape index (κ2) is 14.7. The molecule has 7 nitrogen and oxygen atoms in total. The predicted octanol–water partition coefficient (Wildman–Crippen LogP) is 7.47. The standard InChI is InChI=1S/C37H41F4N3O4/c1-21(2)13-32(44-20-25(11-12-43(5)6)30(18-33(44)45)37(39,40)41)36(48)42-31(19-34(46)47)29-17-26(16-24-9-7-8-10-28(24)29)35-22(3)14-27(38)15-23(35)4/h7-10,14-18,20-21,31-32H,11-13,19H2,1-6H3,(H,42,48)(H,46,47)/t31?,32-/m1/s1. The number of halogens is 4. The van der Waals surface area contributed by atoms with Crippen molar-refractivity contribution in [2.75, 3.05) is 20.6 Å². The van der Waals surface area contributed by atoms with Crippen LogP contribution in [0.3, 0.4) is 0 Å². The number of carboxylic acid groups (broad SMARTS) is 1. The number of rotatable bonds is 12. The Morgan fingerprint density at radius 1 is 1.00 bits per heavy atom. The number of hydrogen-bond acceptors (Lipinski definition) is 4. The van der Waals surface area contributed by atoms with Crippen LogP contribution < -0.4 is 10.9 Å². The third kappa shape index (κ3) is 8.49. The summed E-state index contributed by atoms with van der Waals surface area (Å²) >= 11 is 0. The molecule has 256 valence electrons. The number of benzene rings is 3. The van der Waals surface area contributed by atoms with Crippen LogP contribution in [0.25, 0.3) is 21.9 Å². The van der Waals surface area contributed by atoms with E-state index in [0.717, 1.165) is 21.7 Å². The summed E-state index contributed by atoms with van der Waals surface area (Å²) in [6.45, 7) is 7.48. The van der Waals surface area contributed by atoms with E-state index in [0.29, 0.717) is 33.7 Å². The first-order valence-electron chi connectivity index (χ1n) is 15.7. The highest BCUT2D eigenvalue weighted by Crippen LogP contribution is 2.36. The van der Waals surface area contributed by atoms with E-state index < -0.39 is 47.7 Å². The van der Waals surface area contributed by atoms with Crippen LogP contribution in [0.2, 0.25) is 0 Å². The lowest BCUT2D eigenvalue weighted by molar-refractivity contribution is -0.139. The minimum absolute atomic E-state index is 0.0131. The number of aryl methyl sites for hydroxylation is 2. The number of nitrogens with zero attached hydrogens (tertiary/aromatic N) is 2. The number of carboxylic acids is 1. The van der Waals surface area contributed by atoms with E-state index in [-0.39, 0.29) is 36.7 Å². The van der Waals surface area contributed by atoms with E-state index in [1.54, 1.807) is 45.0 Å². The van der Waals surface area contributed by atoms with Gasteiger partial charge in [0.25, 0.3) is 5.56 Å². The zero-order valence-electron chi connectivity index (χ0n) is 27.9. The molecule has 2 atom stereocenters. The Balaban J connectivity index is 1.86. The minimum Gasteiger partial charge on any atom is -0.481 e. The van der Waals surface area contributed by atoms with Gasteiger partial charge in [-0.2, -0.15) is 13.2 Å². The first-order valence-corrected chi connectivity index (χ1v) is 15.7. The van der Waals surface area contributed by atoms with E-state index in [9.17, 15) is 37.1 Å². The second-order valence-electron chi connectivity index (χ2n) is 13.0. The molecule has 0 aliphatic heterocycles. The molecule has 1 amide bonds. The second-order valence-corrected chi connectivity index (χ2v) is 13.0. The van der Waals surface area contributed by atoms with Crippen LogP contribution in [-0.4, -0.2) is 47.1 Å². The predicted molar refractivity (Wildman–Crippen MR) is 178 cm³/mol. The molecule has 0 aliphatic rings. The summed E-state index contributed by atoms with van der Waals surface area (Å²) in [4.78, 5) is 41.3. The molecule has 0 saturated heterocycles. The summed E-state index contributed by atoms with van der Waals surface area (Å²) in [5.74, 6) is -2.42. The molecule has 3 aromatic carbocycles. The van der Waals surface area contributed by atoms with Gasteiger partial charge >= 0.3 is 12.1 Å². The fraction of sp³-hybridized carbons (Fsp3) is 0.378. The molecule has 0 fully saturated rings. The Bertz CT molecular complexity index is 1860. The third-order valence-electron chi connectivity index (χ3n) is 8.38. The van der Waals surface area contributed by atoms with Crippen molar-refractivity contribution in [3.05, 3.63) is 105 Å². The summed E-state index contributed by atoms with van der Waals surface area (Å²) in [5, 5.41) is 14.3. The lowest BCUT2D eigenvalue weighted by Crippen LogP contribution is -2.40. The number of amides is 1. The Labute approximate surface area is 277 Å². The van der Waals surface area contributed by atoms with Gasteiger partial charge in [-0.3, -0.25) is 14.4 Å². The number of pyridine rings is 1. The largest absolute Gasteiger partial charge is 0.481 e. The van der Waals surface area contributed by atoms with E-state index >= 15 is 0 Å². The molecule has 0 aliphatic carbocycles. The minimum atomic E-state index is -4.77. The zero-order chi connectivity index (χ0) is 35.5. The van der Waals surface area contributed by atoms with E-state index in [2.05, 4.69) is 5.32 Å². The van der Waals surface area contributed by atoms with Crippen molar-refractivity contribution < 1.29 is 32.3 Å². The summed E-state index contributed by atoms with van der Waals surface area (Å²) in [6, 6.07) is 12.1. The molecular formula is C37H41F4N3O4. The van der Waals surface area contributed by atoms with Crippen LogP contribution in [0.15, 0.2) is 65.6 Å². The molecule has 2 N–H and O–H groups in total. The highest BCUT2D eigenvalue weighted by molar-refractivity contribution is 5.93. The highest BCUT2D eigenvalue weighted by atomic mass is 19.4. The van der Waals surface area contributed by atoms with Crippen molar-refractivity contribution in [2.24, 2.45) is 5.92 Å². The number of carbonyl (C=O) groups is 2. The number of likely N-dealkylation sites (N-methyl/N-ethyl adjacent to an activating group) is 1. The average Bonchev–Trinajstić information content (AvgIpc) is 2.97. The van der Waals surface area contributed by atoms with Crippen molar-refractivity contribution in [1.29, 1.82) is 0 Å². The number of nitrogens with one attached hydrogen (secondary N) is 1. The van der Waals surface area contributed by atoms with Gasteiger partial charge in [0.15, 0.2) is 0 Å². The van der Waals surface area contributed by atoms with Crippen molar-refractivity contribution in [3.8, 4) is 11.1 Å². The van der Waals surface area contributed by atoms with Crippen molar-refractivity contribution in [2.45, 2.75) is 65.2 Å². The summed E-state index contributed by atoms with van der Waals surface area (Å²) < 4.78 is 57.1. The van der Waals surface area contributed by atoms with Crippen molar-refractivity contribution >= 4 is 22.6 Å². The maximum Gasteiger partial charge on any atom is 0.416 e. The van der Waals surface area contributed by atoms with Gasteiger partial charge in [0.05, 0.1) is 18.0 Å². The maximum absolute atomic E-state index is 14.2. The normalized spacial score (nSPS) is 13.2. The quantitative estimate of drug-likeness (QED) is 0.153. The topological polar surface area (TPSA) is 91.6 Å². The molecule has 11 heteroatoms. The van der Waals surface area contributed by atoms with Gasteiger partial charge in [0.2, 0.25) is 5.91 Å². The number of fused-ring (bicyclic) bond motifs is 1. The Morgan fingerprint density at radius 3 is 2.23 bits per heavy atom. The van der Waals surface area contributed by atoms with E-state index in [1.807, 2.05) is 38.1 Å². The Kier molecular flexibility index (Phi) is 11.1. The van der Waals surface area contributed by atoms with Gasteiger partial charge in [0, 0.05) is 18.8 Å². The van der Waals surface area contributed by atoms with Crippen LogP contribution in [0.1, 0.15) is 66.6 Å². The Morgan fingerprint density at radius 2 is 1.65 bits per heavy atom. The number of aliphatic carboxylic acids is 1. The van der Waals surface area contributed by atoms with Gasteiger partial charge < -0.3 is 19.9 Å². The lowest BCUT2D eigenvalue weighted by atomic mass is 9.88. The zero-order valence-corrected chi connectivity index (χ0v) is 27.9. The number of alkyl halides is 3. The average molecular weight is 668 g/mol. The van der Waals surface area contributed by atoms with Gasteiger partial charge in [-0.1, -0.05) is 38.1 Å². The van der Waals surface area contributed by atoms with Gasteiger partial charge in [-0.15, -0.1) is 0 Å². The maximum atomic E-state index is 14.2. The smallest absolute Gasteiger partial charge is 0.416 e. The molecule has 1 unspecified atom stereocenters. The first kappa shape index (κ1) is 36.3. The van der Waals surface area contributed by atoms with E-state index in [4.69, 9.17) is 0 Å². The lowest BCUT2D eigenvalue weighted by Gasteiger charge is -2.27. The van der Waals surface area contributed by atoms with E-state index in [1.165, 1.54) is 12.1 Å². The van der Waals surface area contributed by atoms with Crippen LogP contribution in [-0.2, 0) is 22.2 Å².